The van der Waals surface area contributed by atoms with Crippen molar-refractivity contribution in [3.05, 3.63) is 118 Å². The summed E-state index contributed by atoms with van der Waals surface area (Å²) in [5.74, 6) is 2.18. The number of fused-ring (bicyclic) bond motifs is 2. The molecule has 4 aromatic rings. The summed E-state index contributed by atoms with van der Waals surface area (Å²) in [7, 11) is 0. The highest BCUT2D eigenvalue weighted by Crippen LogP contribution is 2.55. The number of aliphatic hydroxyl groups is 1. The lowest BCUT2D eigenvalue weighted by molar-refractivity contribution is 0.0640. The minimum Gasteiger partial charge on any atom is -0.488 e. The fourth-order valence-electron chi connectivity index (χ4n) is 7.58. The third-order valence-corrected chi connectivity index (χ3v) is 10.1. The van der Waals surface area contributed by atoms with Gasteiger partial charge in [0.05, 0.1) is 23.8 Å². The minimum atomic E-state index is -0.102. The summed E-state index contributed by atoms with van der Waals surface area (Å²) in [5, 5.41) is 30.0. The molecule has 7 rings (SSSR count). The van der Waals surface area contributed by atoms with Crippen molar-refractivity contribution in [3.8, 4) is 34.8 Å². The van der Waals surface area contributed by atoms with Gasteiger partial charge in [-0.25, -0.2) is 0 Å². The van der Waals surface area contributed by atoms with Crippen LogP contribution in [0.3, 0.4) is 0 Å². The first-order valence-electron chi connectivity index (χ1n) is 16.0. The van der Waals surface area contributed by atoms with E-state index in [1.54, 1.807) is 6.07 Å². The van der Waals surface area contributed by atoms with E-state index in [2.05, 4.69) is 17.0 Å². The summed E-state index contributed by atoms with van der Waals surface area (Å²) >= 11 is 0. The molecule has 0 amide bonds. The molecule has 2 aliphatic carbocycles. The summed E-state index contributed by atoms with van der Waals surface area (Å²) < 4.78 is 13.2. The summed E-state index contributed by atoms with van der Waals surface area (Å²) in [6.07, 6.45) is 6.34. The quantitative estimate of drug-likeness (QED) is 0.211. The van der Waals surface area contributed by atoms with Crippen molar-refractivity contribution in [3.63, 3.8) is 0 Å². The van der Waals surface area contributed by atoms with Crippen LogP contribution in [0.5, 0.6) is 11.5 Å². The number of rotatable bonds is 10. The van der Waals surface area contributed by atoms with Crippen molar-refractivity contribution in [1.82, 2.24) is 4.90 Å². The molecule has 1 saturated carbocycles. The summed E-state index contributed by atoms with van der Waals surface area (Å²) in [6, 6.07) is 30.2. The first-order chi connectivity index (χ1) is 22.1. The Kier molecular flexibility index (Phi) is 8.03. The van der Waals surface area contributed by atoms with Crippen LogP contribution in [-0.2, 0) is 32.6 Å². The number of likely N-dealkylation sites (tertiary alicyclic amines) is 1. The van der Waals surface area contributed by atoms with E-state index in [-0.39, 0.29) is 18.8 Å². The molecular weight excluding hydrogens is 558 g/mol. The lowest BCUT2D eigenvalue weighted by Crippen LogP contribution is -2.44. The van der Waals surface area contributed by atoms with Crippen molar-refractivity contribution in [2.24, 2.45) is 5.92 Å². The van der Waals surface area contributed by atoms with Crippen molar-refractivity contribution < 1.29 is 14.6 Å². The first-order valence-corrected chi connectivity index (χ1v) is 16.0. The standard InChI is InChI=1S/C39H37N3O3/c40-21-27-8-4-9-28(18-27)24-44-38-19-37(45-25-30-12-5-14-32(35(30)22-41)29-10-2-1-3-11-29)34-16-6-15-33(34)36(38)23-42-17-7-13-31-20-39(31,42)26-43/h1-5,8-12,14,18-19,31,43H,6-7,13,15-17,20,23-26H2. The van der Waals surface area contributed by atoms with Gasteiger partial charge in [-0.05, 0) is 90.9 Å². The van der Waals surface area contributed by atoms with E-state index in [0.717, 1.165) is 78.9 Å². The van der Waals surface area contributed by atoms with E-state index in [9.17, 15) is 15.6 Å². The lowest BCUT2D eigenvalue weighted by Gasteiger charge is -2.36. The molecule has 1 aliphatic heterocycles. The second-order valence-corrected chi connectivity index (χ2v) is 12.6. The van der Waals surface area contributed by atoms with Gasteiger partial charge in [-0.3, -0.25) is 4.90 Å². The summed E-state index contributed by atoms with van der Waals surface area (Å²) in [6.45, 7) is 2.53. The molecule has 1 heterocycles. The molecule has 6 nitrogen and oxygen atoms in total. The number of hydrogen-bond acceptors (Lipinski definition) is 6. The van der Waals surface area contributed by atoms with E-state index in [4.69, 9.17) is 9.47 Å². The largest absolute Gasteiger partial charge is 0.488 e. The Morgan fingerprint density at radius 3 is 2.49 bits per heavy atom. The van der Waals surface area contributed by atoms with E-state index in [1.807, 2.05) is 72.8 Å². The van der Waals surface area contributed by atoms with Crippen LogP contribution < -0.4 is 9.47 Å². The van der Waals surface area contributed by atoms with Crippen molar-refractivity contribution in [1.29, 1.82) is 10.5 Å². The summed E-state index contributed by atoms with van der Waals surface area (Å²) in [4.78, 5) is 2.49. The van der Waals surface area contributed by atoms with Gasteiger partial charge in [0.1, 0.15) is 30.8 Å². The maximum Gasteiger partial charge on any atom is 0.128 e. The normalized spacial score (nSPS) is 20.0. The number of nitrogens with zero attached hydrogens (tertiary/aromatic N) is 3. The molecule has 4 aromatic carbocycles. The third-order valence-electron chi connectivity index (χ3n) is 10.1. The highest BCUT2D eigenvalue weighted by Gasteiger charge is 2.59. The fourth-order valence-corrected chi connectivity index (χ4v) is 7.58. The van der Waals surface area contributed by atoms with Gasteiger partial charge in [-0.2, -0.15) is 10.5 Å². The third kappa shape index (κ3) is 5.57. The zero-order valence-corrected chi connectivity index (χ0v) is 25.5. The highest BCUT2D eigenvalue weighted by molar-refractivity contribution is 5.72. The van der Waals surface area contributed by atoms with Gasteiger partial charge in [0.15, 0.2) is 0 Å². The van der Waals surface area contributed by atoms with Gasteiger partial charge >= 0.3 is 0 Å². The van der Waals surface area contributed by atoms with Crippen LogP contribution in [0.1, 0.15) is 64.6 Å². The average Bonchev–Trinajstić information content (AvgIpc) is 3.64. The van der Waals surface area contributed by atoms with E-state index >= 15 is 0 Å². The predicted molar refractivity (Wildman–Crippen MR) is 172 cm³/mol. The van der Waals surface area contributed by atoms with Crippen LogP contribution in [-0.4, -0.2) is 28.7 Å². The zero-order chi connectivity index (χ0) is 30.8. The number of nitriles is 2. The monoisotopic (exact) mass is 595 g/mol. The smallest absolute Gasteiger partial charge is 0.128 e. The molecular formula is C39H37N3O3. The first kappa shape index (κ1) is 29.1. The lowest BCUT2D eigenvalue weighted by atomic mass is 9.96. The van der Waals surface area contributed by atoms with Crippen LogP contribution in [0.25, 0.3) is 11.1 Å². The molecule has 3 aliphatic rings. The number of aliphatic hydroxyl groups excluding tert-OH is 1. The molecule has 6 heteroatoms. The molecule has 226 valence electrons. The van der Waals surface area contributed by atoms with E-state index in [0.29, 0.717) is 23.7 Å². The van der Waals surface area contributed by atoms with E-state index in [1.165, 1.54) is 23.1 Å². The Hall–Kier alpha value is -4.62. The van der Waals surface area contributed by atoms with Crippen LogP contribution in [0.15, 0.2) is 78.9 Å². The van der Waals surface area contributed by atoms with Crippen molar-refractivity contribution in [2.75, 3.05) is 13.2 Å². The van der Waals surface area contributed by atoms with Gasteiger partial charge < -0.3 is 14.6 Å². The van der Waals surface area contributed by atoms with Crippen LogP contribution in [0.4, 0.5) is 0 Å². The van der Waals surface area contributed by atoms with Crippen LogP contribution in [0, 0.1) is 28.6 Å². The second kappa shape index (κ2) is 12.4. The van der Waals surface area contributed by atoms with Crippen molar-refractivity contribution >= 4 is 0 Å². The Morgan fingerprint density at radius 2 is 1.67 bits per heavy atom. The molecule has 45 heavy (non-hydrogen) atoms. The molecule has 0 spiro atoms. The van der Waals surface area contributed by atoms with Gasteiger partial charge in [0.2, 0.25) is 0 Å². The minimum absolute atomic E-state index is 0.102. The summed E-state index contributed by atoms with van der Waals surface area (Å²) in [5.41, 5.74) is 8.54. The predicted octanol–water partition coefficient (Wildman–Crippen LogP) is 7.09. The Bertz CT molecular complexity index is 1810. The highest BCUT2D eigenvalue weighted by atomic mass is 16.5. The average molecular weight is 596 g/mol. The molecule has 1 N–H and O–H groups in total. The van der Waals surface area contributed by atoms with E-state index < -0.39 is 0 Å². The number of benzene rings is 4. The molecule has 2 unspecified atom stereocenters. The van der Waals surface area contributed by atoms with Crippen molar-refractivity contribution in [2.45, 2.75) is 63.8 Å². The maximum absolute atomic E-state index is 10.4. The Morgan fingerprint density at radius 1 is 0.844 bits per heavy atom. The number of hydrogen-bond donors (Lipinski definition) is 1. The maximum atomic E-state index is 10.4. The molecule has 0 aromatic heterocycles. The van der Waals surface area contributed by atoms with Gasteiger partial charge in [0, 0.05) is 29.3 Å². The molecule has 2 atom stereocenters. The molecule has 2 fully saturated rings. The number of ether oxygens (including phenoxy) is 2. The zero-order valence-electron chi connectivity index (χ0n) is 25.5. The number of piperidine rings is 1. The Balaban J connectivity index is 1.22. The topological polar surface area (TPSA) is 89.5 Å². The Labute approximate surface area is 265 Å². The second-order valence-electron chi connectivity index (χ2n) is 12.6. The van der Waals surface area contributed by atoms with Gasteiger partial charge in [-0.15, -0.1) is 0 Å². The molecule has 0 bridgehead atoms. The SMILES string of the molecule is N#Cc1cccc(COc2cc(OCc3cccc(-c4ccccc4)c3C#N)c3c(c2CN2CCCC4CC42CO)CCC3)c1. The molecule has 1 saturated heterocycles. The van der Waals surface area contributed by atoms with Crippen LogP contribution >= 0.6 is 0 Å². The van der Waals surface area contributed by atoms with Gasteiger partial charge in [-0.1, -0.05) is 60.7 Å². The van der Waals surface area contributed by atoms with Crippen LogP contribution in [0.2, 0.25) is 0 Å². The fraction of sp³-hybridized carbons (Fsp3) is 0.333. The van der Waals surface area contributed by atoms with Gasteiger partial charge in [0.25, 0.3) is 0 Å². The molecule has 0 radical (unpaired) electrons.